The number of fused-ring (bicyclic) bond motifs is 7. The van der Waals surface area contributed by atoms with E-state index in [0.29, 0.717) is 18.4 Å². The zero-order chi connectivity index (χ0) is 26.7. The highest BCUT2D eigenvalue weighted by atomic mass is 16.4. The average molecular weight is 494 g/mol. The number of aliphatic hydroxyl groups excluding tert-OH is 1. The monoisotopic (exact) mass is 493 g/mol. The van der Waals surface area contributed by atoms with Crippen LogP contribution in [0, 0.1) is 61.6 Å². The van der Waals surface area contributed by atoms with E-state index in [4.69, 9.17) is 0 Å². The summed E-state index contributed by atoms with van der Waals surface area (Å²) in [6.07, 6.45) is 8.46. The van der Waals surface area contributed by atoms with Crippen LogP contribution in [0.25, 0.3) is 0 Å². The van der Waals surface area contributed by atoms with Gasteiger partial charge in [-0.25, -0.2) is 0 Å². The third-order valence-electron chi connectivity index (χ3n) is 12.5. The molecule has 0 spiro atoms. The highest BCUT2D eigenvalue weighted by Crippen LogP contribution is 2.74. The zero-order valence-corrected chi connectivity index (χ0v) is 23.1. The molecule has 0 bridgehead atoms. The minimum Gasteiger partial charge on any atom is -0.481 e. The number of rotatable bonds is 1. The van der Waals surface area contributed by atoms with Crippen molar-refractivity contribution in [1.82, 2.24) is 0 Å². The van der Waals surface area contributed by atoms with E-state index in [-0.39, 0.29) is 39.8 Å². The molecule has 0 radical (unpaired) electrons. The van der Waals surface area contributed by atoms with Gasteiger partial charge in [0.25, 0.3) is 0 Å². The molecule has 5 aliphatic rings. The number of aliphatic hydroxyl groups is 1. The van der Waals surface area contributed by atoms with Crippen LogP contribution in [0.3, 0.4) is 0 Å². The lowest BCUT2D eigenvalue weighted by atomic mass is 9.34. The second kappa shape index (κ2) is 7.34. The first-order valence-electron chi connectivity index (χ1n) is 13.8. The zero-order valence-electron chi connectivity index (χ0n) is 23.1. The molecule has 5 heteroatoms. The Bertz CT molecular complexity index is 1140. The van der Waals surface area contributed by atoms with Crippen LogP contribution >= 0.6 is 0 Å². The van der Waals surface area contributed by atoms with E-state index in [2.05, 4.69) is 54.5 Å². The van der Waals surface area contributed by atoms with Gasteiger partial charge in [0.05, 0.1) is 23.2 Å². The second-order valence-electron chi connectivity index (χ2n) is 14.9. The molecule has 3 unspecified atom stereocenters. The van der Waals surface area contributed by atoms with Crippen molar-refractivity contribution in [1.29, 1.82) is 5.26 Å². The largest absolute Gasteiger partial charge is 0.481 e. The van der Waals surface area contributed by atoms with Crippen LogP contribution in [0.5, 0.6) is 0 Å². The Morgan fingerprint density at radius 3 is 2.28 bits per heavy atom. The maximum atomic E-state index is 14.3. The molecule has 3 saturated carbocycles. The first kappa shape index (κ1) is 25.7. The molecule has 0 aromatic heterocycles. The number of carboxylic acids is 1. The van der Waals surface area contributed by atoms with Gasteiger partial charge in [-0.1, -0.05) is 60.1 Å². The maximum absolute atomic E-state index is 14.3. The van der Waals surface area contributed by atoms with E-state index in [9.17, 15) is 25.1 Å². The molecule has 2 N–H and O–H groups in total. The number of carboxylic acid groups (broad SMARTS) is 1. The first-order valence-corrected chi connectivity index (χ1v) is 13.8. The number of nitriles is 1. The minimum atomic E-state index is -0.816. The molecular weight excluding hydrogens is 450 g/mol. The van der Waals surface area contributed by atoms with E-state index >= 15 is 0 Å². The molecule has 36 heavy (non-hydrogen) atoms. The van der Waals surface area contributed by atoms with Gasteiger partial charge in [0.2, 0.25) is 0 Å². The van der Waals surface area contributed by atoms with Gasteiger partial charge >= 0.3 is 5.97 Å². The van der Waals surface area contributed by atoms with Gasteiger partial charge in [0, 0.05) is 11.3 Å². The first-order chi connectivity index (χ1) is 16.5. The van der Waals surface area contributed by atoms with E-state index < -0.39 is 28.3 Å². The summed E-state index contributed by atoms with van der Waals surface area (Å²) in [6, 6.07) is 2.25. The summed E-state index contributed by atoms with van der Waals surface area (Å²) in [6.45, 7) is 15.3. The third kappa shape index (κ3) is 2.91. The molecule has 196 valence electrons. The van der Waals surface area contributed by atoms with Crippen molar-refractivity contribution >= 4 is 11.8 Å². The number of ketones is 1. The second-order valence-corrected chi connectivity index (χ2v) is 14.9. The van der Waals surface area contributed by atoms with Crippen LogP contribution in [-0.2, 0) is 9.59 Å². The van der Waals surface area contributed by atoms with Gasteiger partial charge in [-0.05, 0) is 84.5 Å². The Hall–Kier alpha value is -1.93. The third-order valence-corrected chi connectivity index (χ3v) is 12.5. The van der Waals surface area contributed by atoms with E-state index in [1.54, 1.807) is 0 Å². The van der Waals surface area contributed by atoms with Gasteiger partial charge in [-0.3, -0.25) is 9.59 Å². The highest BCUT2D eigenvalue weighted by molar-refractivity contribution is 5.96. The van der Waals surface area contributed by atoms with Crippen molar-refractivity contribution in [2.45, 2.75) is 99.5 Å². The molecule has 5 aliphatic carbocycles. The van der Waals surface area contributed by atoms with Gasteiger partial charge in [0.1, 0.15) is 0 Å². The normalized spacial score (nSPS) is 48.7. The molecule has 0 saturated heterocycles. The highest BCUT2D eigenvalue weighted by Gasteiger charge is 2.70. The van der Waals surface area contributed by atoms with Crippen molar-refractivity contribution in [3.63, 3.8) is 0 Å². The summed E-state index contributed by atoms with van der Waals surface area (Å²) < 4.78 is 0. The fraction of sp³-hybridized carbons (Fsp3) is 0.774. The number of hydrogen-bond donors (Lipinski definition) is 2. The average Bonchev–Trinajstić information content (AvgIpc) is 2.77. The Morgan fingerprint density at radius 2 is 1.67 bits per heavy atom. The molecule has 5 nitrogen and oxygen atoms in total. The lowest BCUT2D eigenvalue weighted by Crippen LogP contribution is -2.66. The molecule has 0 aromatic rings. The number of nitrogens with zero attached hydrogens (tertiary/aromatic N) is 1. The molecule has 0 heterocycles. The van der Waals surface area contributed by atoms with Crippen LogP contribution in [-0.4, -0.2) is 28.1 Å². The predicted molar refractivity (Wildman–Crippen MR) is 138 cm³/mol. The lowest BCUT2D eigenvalue weighted by molar-refractivity contribution is -0.189. The Balaban J connectivity index is 1.70. The molecule has 0 amide bonds. The topological polar surface area (TPSA) is 98.4 Å². The molecular formula is C31H43NO4. The minimum absolute atomic E-state index is 0.0185. The van der Waals surface area contributed by atoms with Crippen LogP contribution in [0.2, 0.25) is 0 Å². The van der Waals surface area contributed by atoms with Crippen molar-refractivity contribution in [3.8, 4) is 6.07 Å². The standard InChI is InChI=1S/C31H43NO4/c1-26(2)10-12-31(25(35)36)13-11-30(7)23(19(31)16-26)20(33)14-22-28(5)15-18(17-32)24(34)27(3,4)21(28)8-9-29(22,30)6/h14-15,19,21,23-24,34H,8-13,16H2,1-7H3,(H,35,36)/t19?,21-,23?,24?,28-,29+,30+,31-/m0/s1. The number of aliphatic carboxylic acids is 1. The van der Waals surface area contributed by atoms with Gasteiger partial charge in [-0.2, -0.15) is 5.26 Å². The Kier molecular flexibility index (Phi) is 5.24. The lowest BCUT2D eigenvalue weighted by Gasteiger charge is -2.69. The smallest absolute Gasteiger partial charge is 0.309 e. The van der Waals surface area contributed by atoms with Crippen LogP contribution < -0.4 is 0 Å². The van der Waals surface area contributed by atoms with Crippen molar-refractivity contribution in [2.24, 2.45) is 50.2 Å². The van der Waals surface area contributed by atoms with Crippen molar-refractivity contribution < 1.29 is 19.8 Å². The quantitative estimate of drug-likeness (QED) is 0.461. The Labute approximate surface area is 216 Å². The number of carbonyl (C=O) groups is 2. The summed E-state index contributed by atoms with van der Waals surface area (Å²) >= 11 is 0. The van der Waals surface area contributed by atoms with Crippen LogP contribution in [0.15, 0.2) is 23.3 Å². The van der Waals surface area contributed by atoms with E-state index in [1.165, 1.54) is 0 Å². The summed E-state index contributed by atoms with van der Waals surface area (Å²) in [5.74, 6) is -1.01. The summed E-state index contributed by atoms with van der Waals surface area (Å²) in [5, 5.41) is 31.4. The number of allylic oxidation sites excluding steroid dienone is 3. The molecule has 8 atom stereocenters. The molecule has 3 fully saturated rings. The van der Waals surface area contributed by atoms with Crippen molar-refractivity contribution in [3.05, 3.63) is 23.3 Å². The van der Waals surface area contributed by atoms with E-state index in [0.717, 1.165) is 37.7 Å². The Morgan fingerprint density at radius 1 is 1.03 bits per heavy atom. The van der Waals surface area contributed by atoms with Crippen molar-refractivity contribution in [2.75, 3.05) is 0 Å². The van der Waals surface area contributed by atoms with Crippen LogP contribution in [0.1, 0.15) is 93.4 Å². The maximum Gasteiger partial charge on any atom is 0.309 e. The molecule has 0 aliphatic heterocycles. The number of hydrogen-bond acceptors (Lipinski definition) is 4. The number of carbonyl (C=O) groups excluding carboxylic acids is 1. The summed E-state index contributed by atoms with van der Waals surface area (Å²) in [5.41, 5.74) is -0.925. The fourth-order valence-electron chi connectivity index (χ4n) is 10.2. The summed E-state index contributed by atoms with van der Waals surface area (Å²) in [4.78, 5) is 27.0. The van der Waals surface area contributed by atoms with Gasteiger partial charge in [0.15, 0.2) is 5.78 Å². The fourth-order valence-corrected chi connectivity index (χ4v) is 10.2. The SMILES string of the molecule is CC1(C)CC[C@]2(C(=O)O)CC[C@]3(C)C(C(=O)C=C4[C@@]5(C)C=C(C#N)C(O)C(C)(C)[C@@H]5CC[C@]43C)C2C1. The van der Waals surface area contributed by atoms with Gasteiger partial charge in [-0.15, -0.1) is 0 Å². The molecule has 0 aromatic carbocycles. The van der Waals surface area contributed by atoms with E-state index in [1.807, 2.05) is 12.2 Å². The predicted octanol–water partition coefficient (Wildman–Crippen LogP) is 6.08. The summed E-state index contributed by atoms with van der Waals surface area (Å²) in [7, 11) is 0. The van der Waals surface area contributed by atoms with Gasteiger partial charge < -0.3 is 10.2 Å². The van der Waals surface area contributed by atoms with Crippen LogP contribution in [0.4, 0.5) is 0 Å². The molecule has 5 rings (SSSR count).